The monoisotopic (exact) mass is 428 g/mol. The van der Waals surface area contributed by atoms with Gasteiger partial charge >= 0.3 is 0 Å². The molecule has 0 aliphatic carbocycles. The van der Waals surface area contributed by atoms with Crippen molar-refractivity contribution in [3.05, 3.63) is 29.3 Å². The Bertz CT molecular complexity index is 794. The van der Waals surface area contributed by atoms with E-state index in [0.717, 1.165) is 43.3 Å². The van der Waals surface area contributed by atoms with Crippen LogP contribution in [0.4, 0.5) is 5.69 Å². The molecular weight excluding hydrogens is 398 g/mol. The Hall–Kier alpha value is -1.31. The number of benzene rings is 1. The molecule has 2 heterocycles. The molecule has 2 fully saturated rings. The van der Waals surface area contributed by atoms with E-state index in [1.54, 1.807) is 0 Å². The molecular formula is C20H31ClN3O3S+. The molecule has 8 heteroatoms. The highest BCUT2D eigenvalue weighted by atomic mass is 35.5. The number of rotatable bonds is 6. The molecule has 2 aliphatic heterocycles. The highest BCUT2D eigenvalue weighted by Crippen LogP contribution is 2.21. The minimum atomic E-state index is -3.01. The van der Waals surface area contributed by atoms with E-state index in [4.69, 9.17) is 11.6 Å². The summed E-state index contributed by atoms with van der Waals surface area (Å²) in [6.45, 7) is 8.03. The zero-order valence-corrected chi connectivity index (χ0v) is 18.3. The molecule has 0 saturated carbocycles. The molecule has 0 unspecified atom stereocenters. The number of nitrogens with zero attached hydrogens (tertiary/aromatic N) is 2. The first-order valence-electron chi connectivity index (χ1n) is 10.1. The van der Waals surface area contributed by atoms with Crippen LogP contribution in [0.1, 0.15) is 26.7 Å². The van der Waals surface area contributed by atoms with Crippen LogP contribution < -0.4 is 9.80 Å². The van der Waals surface area contributed by atoms with Gasteiger partial charge in [-0.1, -0.05) is 24.6 Å². The lowest BCUT2D eigenvalue weighted by molar-refractivity contribution is -0.892. The van der Waals surface area contributed by atoms with Gasteiger partial charge in [0.1, 0.15) is 0 Å². The summed E-state index contributed by atoms with van der Waals surface area (Å²) in [7, 11) is -3.01. The third-order valence-electron chi connectivity index (χ3n) is 6.00. The van der Waals surface area contributed by atoms with Crippen molar-refractivity contribution in [2.75, 3.05) is 49.1 Å². The van der Waals surface area contributed by atoms with Gasteiger partial charge in [-0.05, 0) is 38.0 Å². The number of piperazine rings is 1. The van der Waals surface area contributed by atoms with E-state index in [-0.39, 0.29) is 29.5 Å². The SMILES string of the molecule is CC[C@@H](C)N(C(=O)C[NH+]1CCN(c2cccc(Cl)c2)CC1)[C@H]1CCS(=O)(=O)C1. The number of amides is 1. The standard InChI is InChI=1S/C20H30ClN3O3S/c1-3-16(2)24(19-7-12-28(26,27)15-19)20(25)14-22-8-10-23(11-9-22)18-6-4-5-17(21)13-18/h4-6,13,16,19H,3,7-12,14-15H2,1-2H3/p+1/t16-,19+/m1/s1. The van der Waals surface area contributed by atoms with E-state index < -0.39 is 9.84 Å². The van der Waals surface area contributed by atoms with E-state index in [9.17, 15) is 13.2 Å². The first kappa shape index (κ1) is 21.4. The van der Waals surface area contributed by atoms with Gasteiger partial charge < -0.3 is 14.7 Å². The maximum Gasteiger partial charge on any atom is 0.278 e. The quantitative estimate of drug-likeness (QED) is 0.730. The van der Waals surface area contributed by atoms with E-state index in [2.05, 4.69) is 11.0 Å². The van der Waals surface area contributed by atoms with Crippen LogP contribution in [0.5, 0.6) is 0 Å². The molecule has 156 valence electrons. The normalized spacial score (nSPS) is 23.5. The van der Waals surface area contributed by atoms with Gasteiger partial charge in [-0.3, -0.25) is 4.79 Å². The second-order valence-corrected chi connectivity index (χ2v) is 10.7. The number of hydrogen-bond donors (Lipinski definition) is 1. The summed E-state index contributed by atoms with van der Waals surface area (Å²) in [6.07, 6.45) is 1.40. The lowest BCUT2D eigenvalue weighted by Crippen LogP contribution is -3.16. The number of carbonyl (C=O) groups is 1. The van der Waals surface area contributed by atoms with Crippen molar-refractivity contribution < 1.29 is 18.1 Å². The highest BCUT2D eigenvalue weighted by molar-refractivity contribution is 7.91. The molecule has 1 aromatic carbocycles. The maximum absolute atomic E-state index is 13.1. The first-order valence-corrected chi connectivity index (χ1v) is 12.3. The minimum absolute atomic E-state index is 0.0675. The fourth-order valence-corrected chi connectivity index (χ4v) is 6.13. The van der Waals surface area contributed by atoms with Crippen LogP contribution in [0, 0.1) is 0 Å². The third kappa shape index (κ3) is 5.19. The van der Waals surface area contributed by atoms with Crippen LogP contribution in [-0.4, -0.2) is 75.5 Å². The van der Waals surface area contributed by atoms with Crippen LogP contribution >= 0.6 is 11.6 Å². The smallest absolute Gasteiger partial charge is 0.278 e. The van der Waals surface area contributed by atoms with Crippen molar-refractivity contribution in [2.24, 2.45) is 0 Å². The zero-order chi connectivity index (χ0) is 20.3. The number of nitrogens with one attached hydrogen (secondary N) is 1. The summed E-state index contributed by atoms with van der Waals surface area (Å²) in [5.74, 6) is 0.395. The Morgan fingerprint density at radius 1 is 1.36 bits per heavy atom. The van der Waals surface area contributed by atoms with E-state index in [0.29, 0.717) is 13.0 Å². The Balaban J connectivity index is 1.58. The fraction of sp³-hybridized carbons (Fsp3) is 0.650. The molecule has 1 amide bonds. The molecule has 0 bridgehead atoms. The first-order chi connectivity index (χ1) is 13.3. The van der Waals surface area contributed by atoms with Gasteiger partial charge in [0.05, 0.1) is 37.7 Å². The topological polar surface area (TPSA) is 62.1 Å². The molecule has 2 atom stereocenters. The van der Waals surface area contributed by atoms with Crippen LogP contribution in [0.3, 0.4) is 0 Å². The fourth-order valence-electron chi connectivity index (χ4n) is 4.24. The average Bonchev–Trinajstić information content (AvgIpc) is 3.01. The molecule has 0 spiro atoms. The summed E-state index contributed by atoms with van der Waals surface area (Å²) in [5.41, 5.74) is 1.12. The molecule has 1 aromatic rings. The van der Waals surface area contributed by atoms with Gasteiger partial charge in [0, 0.05) is 22.8 Å². The lowest BCUT2D eigenvalue weighted by atomic mass is 10.1. The molecule has 3 rings (SSSR count). The third-order valence-corrected chi connectivity index (χ3v) is 7.99. The largest absolute Gasteiger partial charge is 0.360 e. The van der Waals surface area contributed by atoms with Gasteiger partial charge in [-0.25, -0.2) is 8.42 Å². The molecule has 2 saturated heterocycles. The number of sulfone groups is 1. The number of halogens is 1. The second kappa shape index (κ2) is 9.01. The van der Waals surface area contributed by atoms with Gasteiger partial charge in [0.15, 0.2) is 16.4 Å². The Morgan fingerprint density at radius 3 is 2.64 bits per heavy atom. The van der Waals surface area contributed by atoms with Crippen molar-refractivity contribution in [2.45, 2.75) is 38.8 Å². The number of carbonyl (C=O) groups excluding carboxylic acids is 1. The summed E-state index contributed by atoms with van der Waals surface area (Å²) in [5, 5.41) is 0.734. The number of hydrogen-bond acceptors (Lipinski definition) is 4. The number of quaternary nitrogens is 1. The van der Waals surface area contributed by atoms with Crippen molar-refractivity contribution in [1.82, 2.24) is 4.90 Å². The summed E-state index contributed by atoms with van der Waals surface area (Å²) in [4.78, 5) is 18.5. The van der Waals surface area contributed by atoms with Crippen LogP contribution in [0.2, 0.25) is 5.02 Å². The van der Waals surface area contributed by atoms with Crippen LogP contribution in [0.25, 0.3) is 0 Å². The van der Waals surface area contributed by atoms with E-state index >= 15 is 0 Å². The number of anilines is 1. The van der Waals surface area contributed by atoms with E-state index in [1.807, 2.05) is 36.9 Å². The Labute approximate surface area is 173 Å². The second-order valence-electron chi connectivity index (χ2n) is 8.01. The molecule has 28 heavy (non-hydrogen) atoms. The van der Waals surface area contributed by atoms with Crippen molar-refractivity contribution >= 4 is 33.0 Å². The summed E-state index contributed by atoms with van der Waals surface area (Å²) < 4.78 is 23.8. The molecule has 6 nitrogen and oxygen atoms in total. The van der Waals surface area contributed by atoms with Crippen molar-refractivity contribution in [3.63, 3.8) is 0 Å². The van der Waals surface area contributed by atoms with Crippen molar-refractivity contribution in [1.29, 1.82) is 0 Å². The molecule has 2 aliphatic rings. The predicted octanol–water partition coefficient (Wildman–Crippen LogP) is 0.859. The Kier molecular flexibility index (Phi) is 6.89. The molecule has 0 radical (unpaired) electrons. The summed E-state index contributed by atoms with van der Waals surface area (Å²) in [6, 6.07) is 7.77. The van der Waals surface area contributed by atoms with Crippen LogP contribution in [-0.2, 0) is 14.6 Å². The highest BCUT2D eigenvalue weighted by Gasteiger charge is 2.37. The van der Waals surface area contributed by atoms with Gasteiger partial charge in [-0.15, -0.1) is 0 Å². The lowest BCUT2D eigenvalue weighted by Gasteiger charge is -2.37. The molecule has 1 N–H and O–H groups in total. The van der Waals surface area contributed by atoms with E-state index in [1.165, 1.54) is 4.90 Å². The van der Waals surface area contributed by atoms with Crippen LogP contribution in [0.15, 0.2) is 24.3 Å². The predicted molar refractivity (Wildman–Crippen MR) is 113 cm³/mol. The van der Waals surface area contributed by atoms with Crippen molar-refractivity contribution in [3.8, 4) is 0 Å². The average molecular weight is 429 g/mol. The van der Waals surface area contributed by atoms with Gasteiger partial charge in [0.25, 0.3) is 5.91 Å². The summed E-state index contributed by atoms with van der Waals surface area (Å²) >= 11 is 6.10. The zero-order valence-electron chi connectivity index (χ0n) is 16.7. The molecule has 0 aromatic heterocycles. The minimum Gasteiger partial charge on any atom is -0.360 e. The maximum atomic E-state index is 13.1. The Morgan fingerprint density at radius 2 is 2.07 bits per heavy atom. The van der Waals surface area contributed by atoms with Gasteiger partial charge in [0.2, 0.25) is 0 Å². The van der Waals surface area contributed by atoms with Gasteiger partial charge in [-0.2, -0.15) is 0 Å².